The molecular formula is C21H29N3O5. The number of hydrogen-bond donors (Lipinski definition) is 1. The minimum Gasteiger partial charge on any atom is -0.477 e. The van der Waals surface area contributed by atoms with Gasteiger partial charge in [-0.3, -0.25) is 9.59 Å². The first-order valence-electron chi connectivity index (χ1n) is 9.96. The first-order chi connectivity index (χ1) is 13.7. The minimum atomic E-state index is -0.749. The smallest absolute Gasteiger partial charge is 0.410 e. The molecule has 1 N–H and O–H groups in total. The maximum Gasteiger partial charge on any atom is 0.410 e. The van der Waals surface area contributed by atoms with Gasteiger partial charge in [0.1, 0.15) is 11.4 Å². The predicted octanol–water partition coefficient (Wildman–Crippen LogP) is 2.17. The summed E-state index contributed by atoms with van der Waals surface area (Å²) in [4.78, 5) is 41.0. The molecule has 0 spiro atoms. The molecule has 1 fully saturated rings. The van der Waals surface area contributed by atoms with E-state index in [0.717, 1.165) is 0 Å². The lowest BCUT2D eigenvalue weighted by Crippen LogP contribution is -2.52. The summed E-state index contributed by atoms with van der Waals surface area (Å²) in [5.41, 5.74) is 0.128. The molecule has 3 amide bonds. The van der Waals surface area contributed by atoms with Gasteiger partial charge < -0.3 is 24.6 Å². The molecule has 2 aliphatic rings. The molecule has 158 valence electrons. The Hall–Kier alpha value is -2.77. The summed E-state index contributed by atoms with van der Waals surface area (Å²) in [6.07, 6.45) is 0.0188. The van der Waals surface area contributed by atoms with Gasteiger partial charge in [-0.15, -0.1) is 0 Å². The largest absolute Gasteiger partial charge is 0.477 e. The number of hydrogen-bond acceptors (Lipinski definition) is 5. The topological polar surface area (TPSA) is 88.2 Å². The molecule has 3 rings (SSSR count). The summed E-state index contributed by atoms with van der Waals surface area (Å²) in [7, 11) is 1.55. The van der Waals surface area contributed by atoms with Crippen molar-refractivity contribution >= 4 is 23.6 Å². The van der Waals surface area contributed by atoms with E-state index >= 15 is 0 Å². The summed E-state index contributed by atoms with van der Waals surface area (Å²) in [5.74, 6) is -0.00684. The number of anilines is 1. The second-order valence-corrected chi connectivity index (χ2v) is 8.38. The molecule has 0 saturated carbocycles. The second-order valence-electron chi connectivity index (χ2n) is 8.38. The van der Waals surface area contributed by atoms with Crippen molar-refractivity contribution in [3.63, 3.8) is 0 Å². The van der Waals surface area contributed by atoms with Crippen LogP contribution in [0.25, 0.3) is 0 Å². The van der Waals surface area contributed by atoms with Gasteiger partial charge in [0.25, 0.3) is 5.91 Å². The first-order valence-corrected chi connectivity index (χ1v) is 9.96. The maximum atomic E-state index is 13.3. The molecular weight excluding hydrogens is 374 g/mol. The molecule has 0 unspecified atom stereocenters. The van der Waals surface area contributed by atoms with Crippen LogP contribution in [0.3, 0.4) is 0 Å². The highest BCUT2D eigenvalue weighted by Gasteiger charge is 2.38. The van der Waals surface area contributed by atoms with Crippen LogP contribution in [0, 0.1) is 5.92 Å². The highest BCUT2D eigenvalue weighted by Crippen LogP contribution is 2.35. The number of para-hydroxylation sites is 2. The van der Waals surface area contributed by atoms with Crippen LogP contribution < -0.4 is 15.0 Å². The summed E-state index contributed by atoms with van der Waals surface area (Å²) in [6.45, 7) is 6.61. The van der Waals surface area contributed by atoms with Crippen LogP contribution in [-0.2, 0) is 14.3 Å². The van der Waals surface area contributed by atoms with Crippen LogP contribution in [0.4, 0.5) is 10.5 Å². The minimum absolute atomic E-state index is 0.0431. The Labute approximate surface area is 171 Å². The number of nitrogens with zero attached hydrogens (tertiary/aromatic N) is 2. The van der Waals surface area contributed by atoms with E-state index in [1.54, 1.807) is 22.9 Å². The molecule has 1 atom stereocenters. The maximum absolute atomic E-state index is 13.3. The Kier molecular flexibility index (Phi) is 6.00. The highest BCUT2D eigenvalue weighted by atomic mass is 16.6. The molecule has 0 radical (unpaired) electrons. The van der Waals surface area contributed by atoms with Crippen molar-refractivity contribution < 1.29 is 23.9 Å². The Morgan fingerprint density at radius 2 is 1.79 bits per heavy atom. The number of ether oxygens (including phenoxy) is 2. The summed E-state index contributed by atoms with van der Waals surface area (Å²) >= 11 is 0. The lowest BCUT2D eigenvalue weighted by molar-refractivity contribution is -0.128. The zero-order chi connectivity index (χ0) is 21.2. The molecule has 2 heterocycles. The average molecular weight is 403 g/mol. The van der Waals surface area contributed by atoms with E-state index in [1.165, 1.54) is 0 Å². The molecule has 0 bridgehead atoms. The van der Waals surface area contributed by atoms with Gasteiger partial charge in [0.15, 0.2) is 6.10 Å². The Morgan fingerprint density at radius 1 is 1.14 bits per heavy atom. The summed E-state index contributed by atoms with van der Waals surface area (Å²) in [6, 6.07) is 7.24. The van der Waals surface area contributed by atoms with Gasteiger partial charge in [0.2, 0.25) is 5.91 Å². The Bertz CT molecular complexity index is 781. The van der Waals surface area contributed by atoms with Gasteiger partial charge in [-0.2, -0.15) is 0 Å². The molecule has 1 aromatic carbocycles. The molecule has 0 aliphatic carbocycles. The highest BCUT2D eigenvalue weighted by molar-refractivity contribution is 5.98. The van der Waals surface area contributed by atoms with Crippen molar-refractivity contribution in [3.8, 4) is 5.75 Å². The van der Waals surface area contributed by atoms with Gasteiger partial charge >= 0.3 is 6.09 Å². The fourth-order valence-corrected chi connectivity index (χ4v) is 3.60. The van der Waals surface area contributed by atoms with Crippen LogP contribution in [0.2, 0.25) is 0 Å². The fourth-order valence-electron chi connectivity index (χ4n) is 3.60. The van der Waals surface area contributed by atoms with Gasteiger partial charge in [-0.1, -0.05) is 12.1 Å². The van der Waals surface area contributed by atoms with E-state index in [4.69, 9.17) is 9.47 Å². The van der Waals surface area contributed by atoms with Crippen molar-refractivity contribution in [2.24, 2.45) is 5.92 Å². The molecule has 0 aromatic heterocycles. The van der Waals surface area contributed by atoms with Crippen molar-refractivity contribution in [2.45, 2.75) is 45.3 Å². The number of rotatable bonds is 2. The fraction of sp³-hybridized carbons (Fsp3) is 0.571. The third kappa shape index (κ3) is 4.81. The number of amides is 3. The lowest BCUT2D eigenvalue weighted by atomic mass is 9.94. The van der Waals surface area contributed by atoms with Crippen molar-refractivity contribution in [1.29, 1.82) is 0 Å². The first kappa shape index (κ1) is 21.0. The number of nitrogens with one attached hydrogen (secondary N) is 1. The van der Waals surface area contributed by atoms with E-state index < -0.39 is 11.7 Å². The third-order valence-corrected chi connectivity index (χ3v) is 5.07. The SMILES string of the molecule is CNC(=O)[C@@H]1CN(C(=O)C2CCN(C(=O)OC(C)(C)C)CC2)c2ccccc2O1. The zero-order valence-electron chi connectivity index (χ0n) is 17.4. The molecule has 2 aliphatic heterocycles. The Morgan fingerprint density at radius 3 is 2.41 bits per heavy atom. The molecule has 1 saturated heterocycles. The van der Waals surface area contributed by atoms with Crippen molar-refractivity contribution in [2.75, 3.05) is 31.6 Å². The number of piperidine rings is 1. The van der Waals surface area contributed by atoms with Crippen LogP contribution >= 0.6 is 0 Å². The number of likely N-dealkylation sites (tertiary alicyclic amines) is 1. The van der Waals surface area contributed by atoms with E-state index in [1.807, 2.05) is 39.0 Å². The number of carbonyl (C=O) groups is 3. The van der Waals surface area contributed by atoms with Crippen molar-refractivity contribution in [1.82, 2.24) is 10.2 Å². The monoisotopic (exact) mass is 403 g/mol. The summed E-state index contributed by atoms with van der Waals surface area (Å²) in [5, 5.41) is 2.58. The van der Waals surface area contributed by atoms with Crippen molar-refractivity contribution in [3.05, 3.63) is 24.3 Å². The number of benzene rings is 1. The van der Waals surface area contributed by atoms with E-state index in [-0.39, 0.29) is 30.4 Å². The van der Waals surface area contributed by atoms with Crippen LogP contribution in [0.1, 0.15) is 33.6 Å². The van der Waals surface area contributed by atoms with Gasteiger partial charge in [0, 0.05) is 26.1 Å². The number of likely N-dealkylation sites (N-methyl/N-ethyl adjacent to an activating group) is 1. The second kappa shape index (κ2) is 8.31. The summed E-state index contributed by atoms with van der Waals surface area (Å²) < 4.78 is 11.2. The average Bonchev–Trinajstić information content (AvgIpc) is 2.70. The number of carbonyl (C=O) groups excluding carboxylic acids is 3. The molecule has 29 heavy (non-hydrogen) atoms. The van der Waals surface area contributed by atoms with E-state index in [2.05, 4.69) is 5.32 Å². The van der Waals surface area contributed by atoms with Crippen LogP contribution in [0.5, 0.6) is 5.75 Å². The standard InChI is InChI=1S/C21H29N3O5/c1-21(2,3)29-20(27)23-11-9-14(10-12-23)19(26)24-13-17(18(25)22-4)28-16-8-6-5-7-15(16)24/h5-8,14,17H,9-13H2,1-4H3,(H,22,25)/t17-/m0/s1. The van der Waals surface area contributed by atoms with Gasteiger partial charge in [0.05, 0.1) is 12.2 Å². The van der Waals surface area contributed by atoms with Crippen LogP contribution in [0.15, 0.2) is 24.3 Å². The number of fused-ring (bicyclic) bond motifs is 1. The molecule has 1 aromatic rings. The Balaban J connectivity index is 1.69. The van der Waals surface area contributed by atoms with Gasteiger partial charge in [-0.05, 0) is 45.7 Å². The predicted molar refractivity (Wildman–Crippen MR) is 108 cm³/mol. The van der Waals surface area contributed by atoms with Crippen LogP contribution in [-0.4, -0.2) is 61.2 Å². The lowest BCUT2D eigenvalue weighted by Gasteiger charge is -2.38. The molecule has 8 nitrogen and oxygen atoms in total. The normalized spacial score (nSPS) is 19.8. The van der Waals surface area contributed by atoms with Gasteiger partial charge in [-0.25, -0.2) is 4.79 Å². The quantitative estimate of drug-likeness (QED) is 0.818. The third-order valence-electron chi connectivity index (χ3n) is 5.07. The molecule has 8 heteroatoms. The van der Waals surface area contributed by atoms with E-state index in [0.29, 0.717) is 37.4 Å². The van der Waals surface area contributed by atoms with E-state index in [9.17, 15) is 14.4 Å². The zero-order valence-corrected chi connectivity index (χ0v) is 17.4.